The zero-order chi connectivity index (χ0) is 24.0. The summed E-state index contributed by atoms with van der Waals surface area (Å²) in [5.74, 6) is 1.60. The van der Waals surface area contributed by atoms with Gasteiger partial charge in [0.15, 0.2) is 5.78 Å². The maximum Gasteiger partial charge on any atom is 0.238 e. The van der Waals surface area contributed by atoms with Crippen molar-refractivity contribution in [1.82, 2.24) is 4.90 Å². The van der Waals surface area contributed by atoms with Gasteiger partial charge in [0.1, 0.15) is 11.5 Å². The van der Waals surface area contributed by atoms with Gasteiger partial charge in [-0.3, -0.25) is 14.5 Å². The molecule has 178 valence electrons. The summed E-state index contributed by atoms with van der Waals surface area (Å²) >= 11 is 6.19. The van der Waals surface area contributed by atoms with Crippen LogP contribution in [0.25, 0.3) is 0 Å². The van der Waals surface area contributed by atoms with E-state index in [1.165, 1.54) is 19.8 Å². The Hall–Kier alpha value is -2.57. The van der Waals surface area contributed by atoms with Gasteiger partial charge in [-0.05, 0) is 49.9 Å². The van der Waals surface area contributed by atoms with Crippen molar-refractivity contribution in [2.24, 2.45) is 11.8 Å². The Morgan fingerprint density at radius 3 is 2.27 bits per heavy atom. The largest absolute Gasteiger partial charge is 0.495 e. The van der Waals surface area contributed by atoms with Gasteiger partial charge in [-0.1, -0.05) is 49.7 Å². The quantitative estimate of drug-likeness (QED) is 0.515. The lowest BCUT2D eigenvalue weighted by Gasteiger charge is -2.30. The number of carbonyl (C=O) groups is 2. The molecule has 33 heavy (non-hydrogen) atoms. The minimum atomic E-state index is -0.153. The third kappa shape index (κ3) is 6.71. The molecular formula is C26H33ClN2O4. The van der Waals surface area contributed by atoms with Crippen LogP contribution in [0.4, 0.5) is 5.69 Å². The van der Waals surface area contributed by atoms with E-state index in [0.717, 1.165) is 24.8 Å². The van der Waals surface area contributed by atoms with E-state index in [9.17, 15) is 9.59 Å². The highest BCUT2D eigenvalue weighted by Crippen LogP contribution is 2.36. The van der Waals surface area contributed by atoms with Gasteiger partial charge in [0.05, 0.1) is 31.5 Å². The number of likely N-dealkylation sites (tertiary alicyclic amines) is 1. The minimum absolute atomic E-state index is 0.000693. The molecule has 7 heteroatoms. The summed E-state index contributed by atoms with van der Waals surface area (Å²) in [6, 6.07) is 11.3. The van der Waals surface area contributed by atoms with E-state index in [1.54, 1.807) is 12.1 Å². The van der Waals surface area contributed by atoms with Crippen molar-refractivity contribution in [3.63, 3.8) is 0 Å². The van der Waals surface area contributed by atoms with E-state index in [1.807, 2.05) is 12.1 Å². The number of hydrogen-bond donors (Lipinski definition) is 1. The molecule has 1 fully saturated rings. The van der Waals surface area contributed by atoms with E-state index < -0.39 is 0 Å². The Morgan fingerprint density at radius 2 is 1.70 bits per heavy atom. The van der Waals surface area contributed by atoms with Crippen LogP contribution in [0.15, 0.2) is 36.4 Å². The number of benzene rings is 2. The monoisotopic (exact) mass is 472 g/mol. The van der Waals surface area contributed by atoms with Crippen LogP contribution in [0.2, 0.25) is 5.02 Å². The summed E-state index contributed by atoms with van der Waals surface area (Å²) in [5, 5.41) is 3.26. The minimum Gasteiger partial charge on any atom is -0.495 e. The second-order valence-corrected chi connectivity index (χ2v) is 9.35. The molecule has 1 aliphatic heterocycles. The van der Waals surface area contributed by atoms with Crippen molar-refractivity contribution in [2.45, 2.75) is 33.1 Å². The first-order chi connectivity index (χ1) is 15.8. The summed E-state index contributed by atoms with van der Waals surface area (Å²) in [6.07, 6.45) is 2.51. The van der Waals surface area contributed by atoms with Gasteiger partial charge < -0.3 is 14.8 Å². The standard InChI is InChI=1S/C26H33ClN2O4/c1-17(2)13-18-5-7-19(8-6-18)26(31)20-9-11-29(12-10-20)16-25(30)28-22-14-21(27)23(32-3)15-24(22)33-4/h5-8,14-15,17,20H,9-13,16H2,1-4H3,(H,28,30). The Bertz CT molecular complexity index is 967. The lowest BCUT2D eigenvalue weighted by atomic mass is 9.88. The number of nitrogens with one attached hydrogen (secondary N) is 1. The van der Waals surface area contributed by atoms with E-state index in [0.29, 0.717) is 41.2 Å². The Labute approximate surface area is 201 Å². The van der Waals surface area contributed by atoms with Gasteiger partial charge >= 0.3 is 0 Å². The normalized spacial score (nSPS) is 14.8. The number of methoxy groups -OCH3 is 2. The molecular weight excluding hydrogens is 440 g/mol. The van der Waals surface area contributed by atoms with Crippen molar-refractivity contribution in [3.8, 4) is 11.5 Å². The van der Waals surface area contributed by atoms with Crippen molar-refractivity contribution in [1.29, 1.82) is 0 Å². The van der Waals surface area contributed by atoms with E-state index in [4.69, 9.17) is 21.1 Å². The lowest BCUT2D eigenvalue weighted by Crippen LogP contribution is -2.40. The van der Waals surface area contributed by atoms with Crippen molar-refractivity contribution in [3.05, 3.63) is 52.5 Å². The molecule has 6 nitrogen and oxygen atoms in total. The number of rotatable bonds is 9. The number of piperidine rings is 1. The summed E-state index contributed by atoms with van der Waals surface area (Å²) in [4.78, 5) is 27.6. The number of nitrogens with zero attached hydrogens (tertiary/aromatic N) is 1. The zero-order valence-electron chi connectivity index (χ0n) is 19.8. The first kappa shape index (κ1) is 25.1. The Morgan fingerprint density at radius 1 is 1.06 bits per heavy atom. The molecule has 2 aromatic carbocycles. The van der Waals surface area contributed by atoms with Gasteiger partial charge in [-0.2, -0.15) is 0 Å². The number of ether oxygens (including phenoxy) is 2. The highest BCUT2D eigenvalue weighted by Gasteiger charge is 2.27. The third-order valence-corrected chi connectivity index (χ3v) is 6.25. The zero-order valence-corrected chi connectivity index (χ0v) is 20.6. The van der Waals surface area contributed by atoms with Crippen molar-refractivity contribution in [2.75, 3.05) is 39.2 Å². The first-order valence-electron chi connectivity index (χ1n) is 11.4. The number of ketones is 1. The summed E-state index contributed by atoms with van der Waals surface area (Å²) in [6.45, 7) is 6.04. The SMILES string of the molecule is COc1cc(OC)c(NC(=O)CN2CCC(C(=O)c3ccc(CC(C)C)cc3)CC2)cc1Cl. The number of amides is 1. The number of carbonyl (C=O) groups excluding carboxylic acids is 2. The van der Waals surface area contributed by atoms with Gasteiger partial charge in [-0.25, -0.2) is 0 Å². The lowest BCUT2D eigenvalue weighted by molar-refractivity contribution is -0.117. The van der Waals surface area contributed by atoms with E-state index in [-0.39, 0.29) is 24.2 Å². The number of Topliss-reactive ketones (excluding diaryl/α,β-unsaturated/α-hetero) is 1. The fourth-order valence-corrected chi connectivity index (χ4v) is 4.46. The summed E-state index contributed by atoms with van der Waals surface area (Å²) in [7, 11) is 3.05. The Kier molecular flexibility index (Phi) is 8.75. The predicted molar refractivity (Wildman–Crippen MR) is 132 cm³/mol. The molecule has 0 aliphatic carbocycles. The second-order valence-electron chi connectivity index (χ2n) is 8.94. The molecule has 0 aromatic heterocycles. The first-order valence-corrected chi connectivity index (χ1v) is 11.7. The molecule has 1 saturated heterocycles. The van der Waals surface area contributed by atoms with Crippen LogP contribution in [0, 0.1) is 11.8 Å². The highest BCUT2D eigenvalue weighted by atomic mass is 35.5. The van der Waals surface area contributed by atoms with Crippen LogP contribution in [-0.2, 0) is 11.2 Å². The molecule has 1 N–H and O–H groups in total. The van der Waals surface area contributed by atoms with Crippen LogP contribution in [0.5, 0.6) is 11.5 Å². The average Bonchev–Trinajstić information content (AvgIpc) is 2.79. The maximum atomic E-state index is 12.9. The molecule has 0 unspecified atom stereocenters. The fraction of sp³-hybridized carbons (Fsp3) is 0.462. The summed E-state index contributed by atoms with van der Waals surface area (Å²) < 4.78 is 10.5. The molecule has 0 bridgehead atoms. The number of anilines is 1. The third-order valence-electron chi connectivity index (χ3n) is 5.96. The average molecular weight is 473 g/mol. The van der Waals surface area contributed by atoms with E-state index >= 15 is 0 Å². The van der Waals surface area contributed by atoms with Crippen LogP contribution >= 0.6 is 11.6 Å². The second kappa shape index (κ2) is 11.5. The van der Waals surface area contributed by atoms with Gasteiger partial charge in [0, 0.05) is 17.5 Å². The van der Waals surface area contributed by atoms with Gasteiger partial charge in [0.2, 0.25) is 5.91 Å². The predicted octanol–water partition coefficient (Wildman–Crippen LogP) is 5.09. The highest BCUT2D eigenvalue weighted by molar-refractivity contribution is 6.32. The summed E-state index contributed by atoms with van der Waals surface area (Å²) in [5.41, 5.74) is 2.54. The van der Waals surface area contributed by atoms with Crippen molar-refractivity contribution >= 4 is 29.0 Å². The van der Waals surface area contributed by atoms with Crippen LogP contribution in [-0.4, -0.2) is 50.4 Å². The molecule has 0 atom stereocenters. The van der Waals surface area contributed by atoms with Gasteiger partial charge in [-0.15, -0.1) is 0 Å². The van der Waals surface area contributed by atoms with Crippen molar-refractivity contribution < 1.29 is 19.1 Å². The molecule has 0 radical (unpaired) electrons. The topological polar surface area (TPSA) is 67.9 Å². The van der Waals surface area contributed by atoms with Crippen LogP contribution in [0.1, 0.15) is 42.6 Å². The number of halogens is 1. The Balaban J connectivity index is 1.51. The van der Waals surface area contributed by atoms with Crippen LogP contribution in [0.3, 0.4) is 0 Å². The van der Waals surface area contributed by atoms with Crippen LogP contribution < -0.4 is 14.8 Å². The van der Waals surface area contributed by atoms with E-state index in [2.05, 4.69) is 36.2 Å². The maximum absolute atomic E-state index is 12.9. The molecule has 0 spiro atoms. The molecule has 1 amide bonds. The molecule has 2 aromatic rings. The molecule has 1 heterocycles. The molecule has 0 saturated carbocycles. The fourth-order valence-electron chi connectivity index (χ4n) is 4.22. The smallest absolute Gasteiger partial charge is 0.238 e. The molecule has 1 aliphatic rings. The van der Waals surface area contributed by atoms with Gasteiger partial charge in [0.25, 0.3) is 0 Å². The molecule has 3 rings (SSSR count). The number of hydrogen-bond acceptors (Lipinski definition) is 5.